The highest BCUT2D eigenvalue weighted by atomic mass is 19.4. The molecule has 0 saturated heterocycles. The minimum absolute atomic E-state index is 0.315. The van der Waals surface area contributed by atoms with E-state index in [1.54, 1.807) is 19.1 Å². The van der Waals surface area contributed by atoms with Crippen LogP contribution in [0.1, 0.15) is 18.8 Å². The lowest BCUT2D eigenvalue weighted by molar-refractivity contribution is -0.274. The van der Waals surface area contributed by atoms with E-state index < -0.39 is 12.5 Å². The predicted molar refractivity (Wildman–Crippen MR) is 68.9 cm³/mol. The Morgan fingerprint density at radius 3 is 2.19 bits per heavy atom. The summed E-state index contributed by atoms with van der Waals surface area (Å²) in [5.74, 6) is 0.592. The highest BCUT2D eigenvalue weighted by Gasteiger charge is 2.31. The molecular weight excluding hydrogens is 287 g/mol. The number of alkyl halides is 3. The molecule has 1 aromatic heterocycles. The van der Waals surface area contributed by atoms with E-state index in [2.05, 4.69) is 4.74 Å². The van der Waals surface area contributed by atoms with Crippen molar-refractivity contribution in [1.82, 2.24) is 0 Å². The molecule has 1 heterocycles. The zero-order valence-electron chi connectivity index (χ0n) is 11.1. The van der Waals surface area contributed by atoms with E-state index in [1.165, 1.54) is 30.5 Å². The van der Waals surface area contributed by atoms with Gasteiger partial charge in [0.15, 0.2) is 6.10 Å². The molecule has 0 radical (unpaired) electrons. The number of hydrogen-bond donors (Lipinski definition) is 1. The van der Waals surface area contributed by atoms with E-state index in [-0.39, 0.29) is 11.8 Å². The van der Waals surface area contributed by atoms with E-state index in [0.717, 1.165) is 0 Å². The quantitative estimate of drug-likeness (QED) is 0.916. The third kappa shape index (κ3) is 4.42. The molecule has 7 heteroatoms. The van der Waals surface area contributed by atoms with Crippen molar-refractivity contribution in [1.29, 1.82) is 0 Å². The third-order valence-electron chi connectivity index (χ3n) is 2.62. The molecule has 4 nitrogen and oxygen atoms in total. The molecule has 114 valence electrons. The molecule has 0 spiro atoms. The first-order chi connectivity index (χ1) is 9.85. The maximum atomic E-state index is 12.1. The largest absolute Gasteiger partial charge is 0.573 e. The maximum absolute atomic E-state index is 12.1. The van der Waals surface area contributed by atoms with Gasteiger partial charge in [-0.1, -0.05) is 0 Å². The van der Waals surface area contributed by atoms with Crippen molar-refractivity contribution in [3.05, 3.63) is 48.4 Å². The number of ether oxygens (including phenoxy) is 2. The van der Waals surface area contributed by atoms with Crippen LogP contribution in [-0.4, -0.2) is 12.4 Å². The summed E-state index contributed by atoms with van der Waals surface area (Å²) in [7, 11) is 0. The number of furan rings is 1. The highest BCUT2D eigenvalue weighted by molar-refractivity contribution is 5.32. The Bertz CT molecular complexity index is 550. The minimum Gasteiger partial charge on any atom is -0.481 e. The summed E-state index contributed by atoms with van der Waals surface area (Å²) in [6, 6.07) is 8.15. The summed E-state index contributed by atoms with van der Waals surface area (Å²) in [6.45, 7) is 1.74. The van der Waals surface area contributed by atoms with Gasteiger partial charge in [-0.3, -0.25) is 0 Å². The van der Waals surface area contributed by atoms with E-state index in [4.69, 9.17) is 14.9 Å². The van der Waals surface area contributed by atoms with Gasteiger partial charge in [-0.25, -0.2) is 0 Å². The fourth-order valence-electron chi connectivity index (χ4n) is 1.74. The zero-order valence-corrected chi connectivity index (χ0v) is 11.1. The van der Waals surface area contributed by atoms with Crippen molar-refractivity contribution in [2.24, 2.45) is 5.73 Å². The molecule has 2 N–H and O–H groups in total. The summed E-state index contributed by atoms with van der Waals surface area (Å²) in [5, 5.41) is 0. The molecular formula is C14H14F3NO3. The zero-order chi connectivity index (χ0) is 15.5. The SMILES string of the molecule is CC(N)C(Oc1ccc(OC(F)(F)F)cc1)c1ccco1. The second-order valence-corrected chi connectivity index (χ2v) is 4.43. The van der Waals surface area contributed by atoms with Crippen molar-refractivity contribution in [2.75, 3.05) is 0 Å². The van der Waals surface area contributed by atoms with Crippen molar-refractivity contribution >= 4 is 0 Å². The van der Waals surface area contributed by atoms with E-state index in [0.29, 0.717) is 11.5 Å². The van der Waals surface area contributed by atoms with Crippen LogP contribution in [0.5, 0.6) is 11.5 Å². The lowest BCUT2D eigenvalue weighted by Gasteiger charge is -2.20. The van der Waals surface area contributed by atoms with Crippen LogP contribution in [0.3, 0.4) is 0 Å². The number of nitrogens with two attached hydrogens (primary N) is 1. The molecule has 0 aliphatic heterocycles. The molecule has 2 aromatic rings. The number of rotatable bonds is 5. The number of hydrogen-bond acceptors (Lipinski definition) is 4. The van der Waals surface area contributed by atoms with Crippen LogP contribution in [0.15, 0.2) is 47.1 Å². The summed E-state index contributed by atoms with van der Waals surface area (Å²) in [5.41, 5.74) is 5.83. The van der Waals surface area contributed by atoms with Crippen molar-refractivity contribution in [2.45, 2.75) is 25.4 Å². The molecule has 2 unspecified atom stereocenters. The molecule has 2 rings (SSSR count). The monoisotopic (exact) mass is 301 g/mol. The van der Waals surface area contributed by atoms with Gasteiger partial charge in [-0.15, -0.1) is 13.2 Å². The molecule has 0 aliphatic rings. The van der Waals surface area contributed by atoms with Gasteiger partial charge in [0.05, 0.1) is 6.26 Å². The van der Waals surface area contributed by atoms with Gasteiger partial charge in [0.25, 0.3) is 0 Å². The third-order valence-corrected chi connectivity index (χ3v) is 2.62. The van der Waals surface area contributed by atoms with Crippen LogP contribution < -0.4 is 15.2 Å². The maximum Gasteiger partial charge on any atom is 0.573 e. The minimum atomic E-state index is -4.72. The molecule has 2 atom stereocenters. The van der Waals surface area contributed by atoms with Gasteiger partial charge in [0.1, 0.15) is 17.3 Å². The van der Waals surface area contributed by atoms with E-state index in [1.807, 2.05) is 0 Å². The fraction of sp³-hybridized carbons (Fsp3) is 0.286. The second kappa shape index (κ2) is 6.09. The summed E-state index contributed by atoms with van der Waals surface area (Å²) >= 11 is 0. The van der Waals surface area contributed by atoms with Crippen LogP contribution in [0.25, 0.3) is 0 Å². The van der Waals surface area contributed by atoms with Crippen LogP contribution in [-0.2, 0) is 0 Å². The van der Waals surface area contributed by atoms with Crippen LogP contribution >= 0.6 is 0 Å². The molecule has 21 heavy (non-hydrogen) atoms. The van der Waals surface area contributed by atoms with Gasteiger partial charge in [-0.2, -0.15) is 0 Å². The highest BCUT2D eigenvalue weighted by Crippen LogP contribution is 2.28. The Hall–Kier alpha value is -2.15. The average molecular weight is 301 g/mol. The molecule has 1 aromatic carbocycles. The van der Waals surface area contributed by atoms with Crippen molar-refractivity contribution in [3.63, 3.8) is 0 Å². The summed E-state index contributed by atoms with van der Waals surface area (Å²) in [4.78, 5) is 0. The predicted octanol–water partition coefficient (Wildman–Crippen LogP) is 3.65. The summed E-state index contributed by atoms with van der Waals surface area (Å²) < 4.78 is 50.9. The first-order valence-corrected chi connectivity index (χ1v) is 6.16. The lowest BCUT2D eigenvalue weighted by atomic mass is 10.1. The first kappa shape index (κ1) is 15.2. The van der Waals surface area contributed by atoms with Gasteiger partial charge in [0.2, 0.25) is 0 Å². The van der Waals surface area contributed by atoms with Crippen molar-refractivity contribution in [3.8, 4) is 11.5 Å². The number of benzene rings is 1. The van der Waals surface area contributed by atoms with E-state index >= 15 is 0 Å². The Labute approximate surface area is 119 Å². The Morgan fingerprint density at radius 1 is 1.10 bits per heavy atom. The normalized spacial score (nSPS) is 14.5. The molecule has 0 amide bonds. The Morgan fingerprint density at radius 2 is 1.71 bits per heavy atom. The second-order valence-electron chi connectivity index (χ2n) is 4.43. The molecule has 0 bridgehead atoms. The summed E-state index contributed by atoms with van der Waals surface area (Å²) in [6.07, 6.45) is -3.76. The average Bonchev–Trinajstić information content (AvgIpc) is 2.89. The van der Waals surface area contributed by atoms with Gasteiger partial charge in [0, 0.05) is 6.04 Å². The molecule has 0 fully saturated rings. The van der Waals surface area contributed by atoms with Gasteiger partial charge >= 0.3 is 6.36 Å². The Balaban J connectivity index is 2.08. The van der Waals surface area contributed by atoms with Crippen LogP contribution in [0.2, 0.25) is 0 Å². The fourth-order valence-corrected chi connectivity index (χ4v) is 1.74. The Kier molecular flexibility index (Phi) is 4.42. The van der Waals surface area contributed by atoms with Gasteiger partial charge < -0.3 is 19.6 Å². The van der Waals surface area contributed by atoms with Gasteiger partial charge in [-0.05, 0) is 43.3 Å². The first-order valence-electron chi connectivity index (χ1n) is 6.16. The van der Waals surface area contributed by atoms with Crippen molar-refractivity contribution < 1.29 is 27.1 Å². The van der Waals surface area contributed by atoms with E-state index in [9.17, 15) is 13.2 Å². The molecule has 0 saturated carbocycles. The smallest absolute Gasteiger partial charge is 0.481 e. The molecule has 0 aliphatic carbocycles. The van der Waals surface area contributed by atoms with Crippen LogP contribution in [0.4, 0.5) is 13.2 Å². The lowest BCUT2D eigenvalue weighted by Crippen LogP contribution is -2.28. The van der Waals surface area contributed by atoms with Crippen LogP contribution in [0, 0.1) is 0 Å². The standard InChI is InChI=1S/C14H14F3NO3/c1-9(18)13(12-3-2-8-19-12)20-10-4-6-11(7-5-10)21-14(15,16)17/h2-9,13H,18H2,1H3. The topological polar surface area (TPSA) is 57.6 Å². The number of halogens is 3.